The second-order valence-corrected chi connectivity index (χ2v) is 9.92. The van der Waals surface area contributed by atoms with Crippen LogP contribution in [0.5, 0.6) is 11.5 Å². The average Bonchev–Trinajstić information content (AvgIpc) is 2.81. The van der Waals surface area contributed by atoms with E-state index in [1.807, 2.05) is 13.0 Å². The van der Waals surface area contributed by atoms with Gasteiger partial charge in [0.05, 0.1) is 5.41 Å². The number of fused-ring (bicyclic) bond motifs is 3. The molecule has 2 aromatic rings. The lowest BCUT2D eigenvalue weighted by atomic mass is 9.50. The molecule has 2 aromatic carbocycles. The van der Waals surface area contributed by atoms with E-state index in [-0.39, 0.29) is 36.5 Å². The summed E-state index contributed by atoms with van der Waals surface area (Å²) in [6, 6.07) is 11.7. The third kappa shape index (κ3) is 5.27. The van der Waals surface area contributed by atoms with E-state index < -0.39 is 11.8 Å². The fraction of sp³-hybridized carbons (Fsp3) is 0.519. The maximum atomic E-state index is 13.0. The van der Waals surface area contributed by atoms with E-state index in [2.05, 4.69) is 23.8 Å². The van der Waals surface area contributed by atoms with Crippen molar-refractivity contribution in [2.45, 2.75) is 64.3 Å². The number of methoxy groups -OCH3 is 1. The van der Waals surface area contributed by atoms with Gasteiger partial charge < -0.3 is 18.9 Å². The van der Waals surface area contributed by atoms with E-state index in [0.29, 0.717) is 5.75 Å². The molecule has 0 aromatic heterocycles. The summed E-state index contributed by atoms with van der Waals surface area (Å²) in [7, 11) is 1.50. The predicted octanol–water partition coefficient (Wildman–Crippen LogP) is 6.32. The van der Waals surface area contributed by atoms with Gasteiger partial charge in [0.15, 0.2) is 6.79 Å². The highest BCUT2D eigenvalue weighted by atomic mass is 19.4. The van der Waals surface area contributed by atoms with Gasteiger partial charge in [-0.3, -0.25) is 4.79 Å². The van der Waals surface area contributed by atoms with Crippen molar-refractivity contribution in [3.63, 3.8) is 0 Å². The Hall–Kier alpha value is -2.74. The van der Waals surface area contributed by atoms with Crippen LogP contribution >= 0.6 is 0 Å². The number of carbonyl (C=O) groups is 1. The van der Waals surface area contributed by atoms with E-state index >= 15 is 0 Å². The minimum Gasteiger partial charge on any atom is -0.489 e. The number of ether oxygens (including phenoxy) is 4. The van der Waals surface area contributed by atoms with Crippen LogP contribution in [0.2, 0.25) is 0 Å². The highest BCUT2D eigenvalue weighted by Gasteiger charge is 2.55. The summed E-state index contributed by atoms with van der Waals surface area (Å²) in [5, 5.41) is 0. The molecule has 2 aliphatic rings. The molecule has 0 saturated heterocycles. The van der Waals surface area contributed by atoms with E-state index in [9.17, 15) is 18.0 Å². The number of alkyl halides is 3. The van der Waals surface area contributed by atoms with Crippen molar-refractivity contribution in [3.05, 3.63) is 59.2 Å². The van der Waals surface area contributed by atoms with Crippen LogP contribution in [-0.4, -0.2) is 26.2 Å². The maximum Gasteiger partial charge on any atom is 0.573 e. The monoisotopic (exact) mass is 492 g/mol. The molecule has 0 amide bonds. The molecule has 0 bridgehead atoms. The summed E-state index contributed by atoms with van der Waals surface area (Å²) in [4.78, 5) is 13.0. The molecule has 0 heterocycles. The quantitative estimate of drug-likeness (QED) is 0.334. The number of rotatable bonds is 7. The first-order valence-corrected chi connectivity index (χ1v) is 11.8. The zero-order valence-corrected chi connectivity index (χ0v) is 20.2. The Bertz CT molecular complexity index is 1050. The van der Waals surface area contributed by atoms with Crippen LogP contribution in [0.3, 0.4) is 0 Å². The Labute approximate surface area is 203 Å². The van der Waals surface area contributed by atoms with Gasteiger partial charge in [-0.1, -0.05) is 31.5 Å². The van der Waals surface area contributed by atoms with Crippen LogP contribution in [0.25, 0.3) is 0 Å². The first kappa shape index (κ1) is 25.4. The van der Waals surface area contributed by atoms with Crippen LogP contribution in [0, 0.1) is 11.3 Å². The Morgan fingerprint density at radius 1 is 1.06 bits per heavy atom. The normalized spacial score (nSPS) is 25.8. The number of hydrogen-bond acceptors (Lipinski definition) is 5. The van der Waals surface area contributed by atoms with E-state index in [1.165, 1.54) is 30.4 Å². The second-order valence-electron chi connectivity index (χ2n) is 9.92. The number of halogens is 3. The molecule has 0 radical (unpaired) electrons. The number of aryl methyl sites for hydroxylation is 1. The van der Waals surface area contributed by atoms with Gasteiger partial charge in [-0.15, -0.1) is 13.2 Å². The first-order chi connectivity index (χ1) is 16.5. The maximum absolute atomic E-state index is 13.0. The fourth-order valence-corrected chi connectivity index (χ4v) is 6.00. The number of esters is 1. The fourth-order valence-electron chi connectivity index (χ4n) is 6.00. The smallest absolute Gasteiger partial charge is 0.489 e. The van der Waals surface area contributed by atoms with Gasteiger partial charge in [-0.25, -0.2) is 0 Å². The molecule has 35 heavy (non-hydrogen) atoms. The highest BCUT2D eigenvalue weighted by Crippen LogP contribution is 2.58. The summed E-state index contributed by atoms with van der Waals surface area (Å²) < 4.78 is 57.4. The minimum atomic E-state index is -4.72. The lowest BCUT2D eigenvalue weighted by Gasteiger charge is -2.54. The molecular weight excluding hydrogens is 461 g/mol. The lowest BCUT2D eigenvalue weighted by Crippen LogP contribution is -2.52. The van der Waals surface area contributed by atoms with Gasteiger partial charge in [-0.05, 0) is 84.9 Å². The van der Waals surface area contributed by atoms with Gasteiger partial charge in [0.2, 0.25) is 0 Å². The third-order valence-corrected chi connectivity index (χ3v) is 7.67. The zero-order chi connectivity index (χ0) is 25.3. The Balaban J connectivity index is 1.51. The molecule has 3 atom stereocenters. The summed E-state index contributed by atoms with van der Waals surface area (Å²) in [6.07, 6.45) is -0.247. The average molecular weight is 493 g/mol. The van der Waals surface area contributed by atoms with Crippen molar-refractivity contribution in [1.82, 2.24) is 0 Å². The topological polar surface area (TPSA) is 54.0 Å². The molecule has 4 rings (SSSR count). The van der Waals surface area contributed by atoms with Crippen LogP contribution in [0.15, 0.2) is 42.5 Å². The van der Waals surface area contributed by atoms with Crippen molar-refractivity contribution in [2.24, 2.45) is 11.3 Å². The van der Waals surface area contributed by atoms with Crippen LogP contribution in [0.4, 0.5) is 13.2 Å². The number of hydrogen-bond donors (Lipinski definition) is 0. The summed E-state index contributed by atoms with van der Waals surface area (Å²) >= 11 is 0. The van der Waals surface area contributed by atoms with Crippen LogP contribution in [-0.2, 0) is 32.7 Å². The summed E-state index contributed by atoms with van der Waals surface area (Å²) in [5.74, 6) is 0.356. The van der Waals surface area contributed by atoms with Crippen molar-refractivity contribution < 1.29 is 36.9 Å². The molecule has 2 aliphatic carbocycles. The van der Waals surface area contributed by atoms with E-state index in [1.54, 1.807) is 12.1 Å². The van der Waals surface area contributed by atoms with Gasteiger partial charge in [-0.2, -0.15) is 0 Å². The number of benzene rings is 2. The standard InChI is InChI=1S/C27H31F3O5/c1-25-13-4-14-26(2,24(31)34-17-32-3)23(25)12-8-19-7-11-21(15-22(19)25)33-16-18-5-9-20(10-6-18)35-27(28,29)30/h5-7,9-11,15,23H,4,8,12-14,16-17H2,1-3H3/t23-,25-,26+/m1/s1. The largest absolute Gasteiger partial charge is 0.573 e. The molecule has 1 saturated carbocycles. The molecule has 1 fully saturated rings. The van der Waals surface area contributed by atoms with Crippen molar-refractivity contribution in [2.75, 3.05) is 13.9 Å². The summed E-state index contributed by atoms with van der Waals surface area (Å²) in [5.41, 5.74) is 2.42. The molecule has 0 N–H and O–H groups in total. The Morgan fingerprint density at radius 3 is 2.46 bits per heavy atom. The molecule has 0 unspecified atom stereocenters. The van der Waals surface area contributed by atoms with Crippen molar-refractivity contribution in [1.29, 1.82) is 0 Å². The van der Waals surface area contributed by atoms with Crippen LogP contribution in [0.1, 0.15) is 56.2 Å². The Morgan fingerprint density at radius 2 is 1.77 bits per heavy atom. The van der Waals surface area contributed by atoms with E-state index in [4.69, 9.17) is 14.2 Å². The zero-order valence-electron chi connectivity index (χ0n) is 20.2. The van der Waals surface area contributed by atoms with Gasteiger partial charge in [0, 0.05) is 7.11 Å². The van der Waals surface area contributed by atoms with Crippen molar-refractivity contribution >= 4 is 5.97 Å². The predicted molar refractivity (Wildman–Crippen MR) is 123 cm³/mol. The van der Waals surface area contributed by atoms with E-state index in [0.717, 1.165) is 37.7 Å². The number of carbonyl (C=O) groups excluding carboxylic acids is 1. The molecule has 0 spiro atoms. The van der Waals surface area contributed by atoms with Crippen LogP contribution < -0.4 is 9.47 Å². The van der Waals surface area contributed by atoms with Gasteiger partial charge in [0.1, 0.15) is 18.1 Å². The van der Waals surface area contributed by atoms with Gasteiger partial charge >= 0.3 is 12.3 Å². The van der Waals surface area contributed by atoms with Crippen molar-refractivity contribution in [3.8, 4) is 11.5 Å². The molecule has 8 heteroatoms. The molecule has 5 nitrogen and oxygen atoms in total. The second kappa shape index (κ2) is 9.72. The minimum absolute atomic E-state index is 0.0459. The molecule has 190 valence electrons. The molecule has 0 aliphatic heterocycles. The first-order valence-electron chi connectivity index (χ1n) is 11.8. The lowest BCUT2D eigenvalue weighted by molar-refractivity contribution is -0.274. The molecular formula is C27H31F3O5. The third-order valence-electron chi connectivity index (χ3n) is 7.67. The van der Waals surface area contributed by atoms with Gasteiger partial charge in [0.25, 0.3) is 0 Å². The Kier molecular flexibility index (Phi) is 7.04. The summed E-state index contributed by atoms with van der Waals surface area (Å²) in [6.45, 7) is 4.42. The highest BCUT2D eigenvalue weighted by molar-refractivity contribution is 5.77. The SMILES string of the molecule is COCOC(=O)[C@@]1(C)CCC[C@]2(C)c3cc(OCc4ccc(OC(F)(F)F)cc4)ccc3CC[C@@H]12.